The zero-order valence-corrected chi connectivity index (χ0v) is 16.0. The van der Waals surface area contributed by atoms with Crippen LogP contribution in [0.3, 0.4) is 0 Å². The fraction of sp³-hybridized carbons (Fsp3) is 0.300. The number of carbonyl (C=O) groups excluding carboxylic acids is 2. The summed E-state index contributed by atoms with van der Waals surface area (Å²) in [6.45, 7) is 3.22. The largest absolute Gasteiger partial charge is 0.355 e. The lowest BCUT2D eigenvalue weighted by atomic mass is 9.90. The minimum Gasteiger partial charge on any atom is -0.355 e. The number of benzene rings is 1. The molecule has 1 aliphatic rings. The van der Waals surface area contributed by atoms with Gasteiger partial charge in [0.05, 0.1) is 10.6 Å². The number of amides is 1. The van der Waals surface area contributed by atoms with Gasteiger partial charge >= 0.3 is 0 Å². The predicted octanol–water partition coefficient (Wildman–Crippen LogP) is 4.44. The molecule has 1 amide bonds. The Hall–Kier alpha value is -2.80. The summed E-state index contributed by atoms with van der Waals surface area (Å²) in [5, 5.41) is 6.95. The topological polar surface area (TPSA) is 85.1 Å². The second-order valence-electron chi connectivity index (χ2n) is 6.71. The van der Waals surface area contributed by atoms with Crippen LogP contribution in [0.2, 0.25) is 0 Å². The number of hydrogen-bond donors (Lipinski definition) is 1. The maximum absolute atomic E-state index is 12.4. The normalized spacial score (nSPS) is 13.3. The third kappa shape index (κ3) is 3.55. The maximum atomic E-state index is 12.4. The molecule has 4 rings (SSSR count). The van der Waals surface area contributed by atoms with Gasteiger partial charge in [0.25, 0.3) is 5.91 Å². The summed E-state index contributed by atoms with van der Waals surface area (Å²) in [6, 6.07) is 7.90. The lowest BCUT2D eigenvalue weighted by molar-refractivity contribution is 0.101. The standard InChI is InChI=1S/C20H19N3O3S/c1-11-18(12(2)24)27-20(21-11)22-19(25)16-10-17(26-23-16)15-8-7-13-5-3-4-6-14(13)9-15/h7-10H,3-6H2,1-2H3,(H,21,22,25). The first kappa shape index (κ1) is 17.6. The summed E-state index contributed by atoms with van der Waals surface area (Å²) in [5.41, 5.74) is 4.45. The molecular weight excluding hydrogens is 362 g/mol. The van der Waals surface area contributed by atoms with E-state index in [-0.39, 0.29) is 11.5 Å². The first-order chi connectivity index (χ1) is 13.0. The van der Waals surface area contributed by atoms with Crippen LogP contribution < -0.4 is 5.32 Å². The zero-order valence-electron chi connectivity index (χ0n) is 15.2. The number of ketones is 1. The Morgan fingerprint density at radius 3 is 2.67 bits per heavy atom. The highest BCUT2D eigenvalue weighted by Crippen LogP contribution is 2.28. The van der Waals surface area contributed by atoms with Gasteiger partial charge in [-0.2, -0.15) is 0 Å². The third-order valence-corrected chi connectivity index (χ3v) is 5.89. The molecule has 7 heteroatoms. The Balaban J connectivity index is 1.53. The lowest BCUT2D eigenvalue weighted by Crippen LogP contribution is -2.11. The first-order valence-electron chi connectivity index (χ1n) is 8.90. The van der Waals surface area contributed by atoms with Gasteiger partial charge in [-0.15, -0.1) is 0 Å². The van der Waals surface area contributed by atoms with E-state index in [0.717, 1.165) is 29.7 Å². The van der Waals surface area contributed by atoms with Crippen molar-refractivity contribution in [3.05, 3.63) is 51.7 Å². The van der Waals surface area contributed by atoms with E-state index in [1.807, 2.05) is 6.07 Å². The molecule has 0 spiro atoms. The first-order valence-corrected chi connectivity index (χ1v) is 9.71. The smallest absolute Gasteiger partial charge is 0.279 e. The van der Waals surface area contributed by atoms with Crippen LogP contribution in [0.4, 0.5) is 5.13 Å². The number of carbonyl (C=O) groups is 2. The average molecular weight is 381 g/mol. The van der Waals surface area contributed by atoms with Crippen LogP contribution in [-0.4, -0.2) is 21.8 Å². The minimum absolute atomic E-state index is 0.0679. The van der Waals surface area contributed by atoms with Crippen molar-refractivity contribution in [2.75, 3.05) is 5.32 Å². The Kier molecular flexibility index (Phi) is 4.61. The van der Waals surface area contributed by atoms with Crippen LogP contribution in [0.1, 0.15) is 56.7 Å². The SMILES string of the molecule is CC(=O)c1sc(NC(=O)c2cc(-c3ccc4c(c3)CCCC4)on2)nc1C. The van der Waals surface area contributed by atoms with Gasteiger partial charge in [0.2, 0.25) is 0 Å². The summed E-state index contributed by atoms with van der Waals surface area (Å²) >= 11 is 1.16. The van der Waals surface area contributed by atoms with E-state index >= 15 is 0 Å². The highest BCUT2D eigenvalue weighted by Gasteiger charge is 2.18. The second-order valence-corrected chi connectivity index (χ2v) is 7.71. The molecule has 0 aliphatic heterocycles. The molecule has 2 aromatic heterocycles. The Morgan fingerprint density at radius 2 is 1.93 bits per heavy atom. The number of thiazole rings is 1. The third-order valence-electron chi connectivity index (χ3n) is 4.71. The van der Waals surface area contributed by atoms with Crippen LogP contribution in [0.25, 0.3) is 11.3 Å². The fourth-order valence-corrected chi connectivity index (χ4v) is 4.20. The van der Waals surface area contributed by atoms with E-state index in [9.17, 15) is 9.59 Å². The van der Waals surface area contributed by atoms with Gasteiger partial charge in [-0.25, -0.2) is 4.98 Å². The number of fused-ring (bicyclic) bond motifs is 1. The molecule has 2 heterocycles. The molecule has 1 N–H and O–H groups in total. The molecule has 0 radical (unpaired) electrons. The molecule has 0 bridgehead atoms. The molecule has 0 saturated carbocycles. The van der Waals surface area contributed by atoms with Crippen molar-refractivity contribution in [2.24, 2.45) is 0 Å². The number of nitrogens with one attached hydrogen (secondary N) is 1. The molecule has 1 aromatic carbocycles. The van der Waals surface area contributed by atoms with Crippen molar-refractivity contribution in [3.8, 4) is 11.3 Å². The lowest BCUT2D eigenvalue weighted by Gasteiger charge is -2.15. The monoisotopic (exact) mass is 381 g/mol. The minimum atomic E-state index is -0.410. The number of anilines is 1. The summed E-state index contributed by atoms with van der Waals surface area (Å²) < 4.78 is 5.39. The van der Waals surface area contributed by atoms with E-state index in [1.54, 1.807) is 13.0 Å². The molecule has 0 unspecified atom stereocenters. The number of nitrogens with zero attached hydrogens (tertiary/aromatic N) is 2. The van der Waals surface area contributed by atoms with Crippen molar-refractivity contribution in [3.63, 3.8) is 0 Å². The van der Waals surface area contributed by atoms with E-state index in [0.29, 0.717) is 21.5 Å². The van der Waals surface area contributed by atoms with Gasteiger partial charge < -0.3 is 4.52 Å². The van der Waals surface area contributed by atoms with Gasteiger partial charge in [0.15, 0.2) is 22.4 Å². The summed E-state index contributed by atoms with van der Waals surface area (Å²) in [7, 11) is 0. The van der Waals surface area contributed by atoms with Crippen molar-refractivity contribution in [1.82, 2.24) is 10.1 Å². The summed E-state index contributed by atoms with van der Waals surface area (Å²) in [6.07, 6.45) is 4.64. The van der Waals surface area contributed by atoms with Crippen LogP contribution >= 0.6 is 11.3 Å². The quantitative estimate of drug-likeness (QED) is 0.675. The molecule has 27 heavy (non-hydrogen) atoms. The van der Waals surface area contributed by atoms with Gasteiger partial charge in [-0.1, -0.05) is 28.6 Å². The highest BCUT2D eigenvalue weighted by molar-refractivity contribution is 7.17. The molecule has 138 valence electrons. The number of aryl methyl sites for hydroxylation is 3. The highest BCUT2D eigenvalue weighted by atomic mass is 32.1. The summed E-state index contributed by atoms with van der Waals surface area (Å²) in [4.78, 5) is 28.7. The zero-order chi connectivity index (χ0) is 19.0. The van der Waals surface area contributed by atoms with E-state index in [2.05, 4.69) is 27.6 Å². The van der Waals surface area contributed by atoms with Crippen molar-refractivity contribution in [2.45, 2.75) is 39.5 Å². The average Bonchev–Trinajstić information content (AvgIpc) is 3.28. The van der Waals surface area contributed by atoms with E-state index < -0.39 is 5.91 Å². The van der Waals surface area contributed by atoms with Gasteiger partial charge in [0.1, 0.15) is 0 Å². The molecule has 3 aromatic rings. The van der Waals surface area contributed by atoms with Crippen molar-refractivity contribution < 1.29 is 14.1 Å². The predicted molar refractivity (Wildman–Crippen MR) is 103 cm³/mol. The Labute approximate surface area is 160 Å². The van der Waals surface area contributed by atoms with Gasteiger partial charge in [-0.05, 0) is 49.8 Å². The van der Waals surface area contributed by atoms with Crippen LogP contribution in [-0.2, 0) is 12.8 Å². The van der Waals surface area contributed by atoms with Crippen molar-refractivity contribution in [1.29, 1.82) is 0 Å². The number of hydrogen-bond acceptors (Lipinski definition) is 6. The molecule has 0 atom stereocenters. The Bertz CT molecular complexity index is 1040. The van der Waals surface area contributed by atoms with Crippen LogP contribution in [0, 0.1) is 6.92 Å². The Morgan fingerprint density at radius 1 is 1.15 bits per heavy atom. The maximum Gasteiger partial charge on any atom is 0.279 e. The van der Waals surface area contributed by atoms with E-state index in [1.165, 1.54) is 30.9 Å². The van der Waals surface area contributed by atoms with Crippen LogP contribution in [0.5, 0.6) is 0 Å². The van der Waals surface area contributed by atoms with Crippen molar-refractivity contribution >= 4 is 28.2 Å². The molecular formula is C20H19N3O3S. The number of Topliss-reactive ketones (excluding diaryl/α,β-unsaturated/α-hetero) is 1. The number of aromatic nitrogens is 2. The van der Waals surface area contributed by atoms with Gasteiger partial charge in [0, 0.05) is 18.6 Å². The number of rotatable bonds is 4. The summed E-state index contributed by atoms with van der Waals surface area (Å²) in [5.74, 6) is 0.0849. The second kappa shape index (κ2) is 7.08. The molecule has 0 fully saturated rings. The van der Waals surface area contributed by atoms with Gasteiger partial charge in [-0.3, -0.25) is 14.9 Å². The van der Waals surface area contributed by atoms with Crippen LogP contribution in [0.15, 0.2) is 28.8 Å². The van der Waals surface area contributed by atoms with E-state index in [4.69, 9.17) is 4.52 Å². The molecule has 1 aliphatic carbocycles. The fourth-order valence-electron chi connectivity index (χ4n) is 3.34. The molecule has 6 nitrogen and oxygen atoms in total. The molecule has 0 saturated heterocycles.